The van der Waals surface area contributed by atoms with Crippen molar-refractivity contribution in [1.82, 2.24) is 14.8 Å². The first kappa shape index (κ1) is 14.6. The standard InChI is InChI=1S/C15H10Cl2N4O/c16-10-1-5-12(6-2-10)19-15(22)14-18-9-21(20-14)13-7-3-11(17)4-8-13/h1-9H,(H,19,22). The van der Waals surface area contributed by atoms with Gasteiger partial charge in [0, 0.05) is 15.7 Å². The van der Waals surface area contributed by atoms with Crippen LogP contribution in [0.5, 0.6) is 0 Å². The fraction of sp³-hybridized carbons (Fsp3) is 0. The van der Waals surface area contributed by atoms with Gasteiger partial charge in [0.05, 0.1) is 5.69 Å². The SMILES string of the molecule is O=C(Nc1ccc(Cl)cc1)c1ncn(-c2ccc(Cl)cc2)n1. The van der Waals surface area contributed by atoms with Gasteiger partial charge < -0.3 is 5.32 Å². The van der Waals surface area contributed by atoms with E-state index in [9.17, 15) is 4.79 Å². The number of amides is 1. The van der Waals surface area contributed by atoms with Gasteiger partial charge in [-0.3, -0.25) is 4.79 Å². The molecule has 5 nitrogen and oxygen atoms in total. The molecule has 0 saturated heterocycles. The number of halogens is 2. The first-order chi connectivity index (χ1) is 10.6. The summed E-state index contributed by atoms with van der Waals surface area (Å²) < 4.78 is 1.51. The fourth-order valence-electron chi connectivity index (χ4n) is 1.81. The Balaban J connectivity index is 1.76. The molecule has 0 saturated carbocycles. The van der Waals surface area contributed by atoms with E-state index in [0.717, 1.165) is 5.69 Å². The molecule has 0 aliphatic heterocycles. The van der Waals surface area contributed by atoms with Crippen molar-refractivity contribution in [3.8, 4) is 5.69 Å². The molecule has 0 unspecified atom stereocenters. The highest BCUT2D eigenvalue weighted by atomic mass is 35.5. The van der Waals surface area contributed by atoms with Crippen molar-refractivity contribution >= 4 is 34.8 Å². The first-order valence-electron chi connectivity index (χ1n) is 6.36. The molecule has 0 atom stereocenters. The highest BCUT2D eigenvalue weighted by molar-refractivity contribution is 6.30. The van der Waals surface area contributed by atoms with Crippen molar-refractivity contribution in [3.63, 3.8) is 0 Å². The summed E-state index contributed by atoms with van der Waals surface area (Å²) in [7, 11) is 0. The van der Waals surface area contributed by atoms with Gasteiger partial charge in [0.25, 0.3) is 5.91 Å². The molecule has 7 heteroatoms. The van der Waals surface area contributed by atoms with Crippen molar-refractivity contribution in [3.05, 3.63) is 70.7 Å². The van der Waals surface area contributed by atoms with Gasteiger partial charge in [-0.1, -0.05) is 23.2 Å². The smallest absolute Gasteiger partial charge is 0.295 e. The maximum Gasteiger partial charge on any atom is 0.295 e. The number of aromatic nitrogens is 3. The number of nitrogens with zero attached hydrogens (tertiary/aromatic N) is 3. The van der Waals surface area contributed by atoms with E-state index in [1.165, 1.54) is 11.0 Å². The molecule has 1 heterocycles. The van der Waals surface area contributed by atoms with Crippen LogP contribution in [0.2, 0.25) is 10.0 Å². The number of nitrogens with one attached hydrogen (secondary N) is 1. The highest BCUT2D eigenvalue weighted by Gasteiger charge is 2.12. The van der Waals surface area contributed by atoms with Crippen LogP contribution in [0.3, 0.4) is 0 Å². The molecule has 0 radical (unpaired) electrons. The predicted molar refractivity (Wildman–Crippen MR) is 85.8 cm³/mol. The van der Waals surface area contributed by atoms with Crippen LogP contribution in [0.1, 0.15) is 10.6 Å². The van der Waals surface area contributed by atoms with E-state index in [1.54, 1.807) is 48.5 Å². The average molecular weight is 333 g/mol. The van der Waals surface area contributed by atoms with Crippen LogP contribution < -0.4 is 5.32 Å². The van der Waals surface area contributed by atoms with Crippen LogP contribution in [0.25, 0.3) is 5.69 Å². The minimum Gasteiger partial charge on any atom is -0.319 e. The molecule has 3 aromatic rings. The van der Waals surface area contributed by atoms with Gasteiger partial charge in [-0.15, -0.1) is 5.10 Å². The lowest BCUT2D eigenvalue weighted by molar-refractivity contribution is 0.101. The van der Waals surface area contributed by atoms with Crippen molar-refractivity contribution < 1.29 is 4.79 Å². The average Bonchev–Trinajstić information content (AvgIpc) is 3.00. The molecule has 0 bridgehead atoms. The summed E-state index contributed by atoms with van der Waals surface area (Å²) in [5, 5.41) is 8.08. The number of hydrogen-bond donors (Lipinski definition) is 1. The summed E-state index contributed by atoms with van der Waals surface area (Å²) in [5.74, 6) is -0.320. The Bertz CT molecular complexity index is 797. The lowest BCUT2D eigenvalue weighted by Gasteiger charge is -2.02. The third-order valence-corrected chi connectivity index (χ3v) is 3.39. The van der Waals surface area contributed by atoms with Crippen LogP contribution in [-0.2, 0) is 0 Å². The first-order valence-corrected chi connectivity index (χ1v) is 7.12. The van der Waals surface area contributed by atoms with E-state index in [4.69, 9.17) is 23.2 Å². The minimum atomic E-state index is -0.393. The van der Waals surface area contributed by atoms with Gasteiger partial charge in [0.15, 0.2) is 0 Å². The van der Waals surface area contributed by atoms with E-state index in [2.05, 4.69) is 15.4 Å². The third kappa shape index (κ3) is 3.27. The normalized spacial score (nSPS) is 10.5. The molecule has 0 spiro atoms. The predicted octanol–water partition coefficient (Wildman–Crippen LogP) is 3.83. The number of carbonyl (C=O) groups excluding carboxylic acids is 1. The number of benzene rings is 2. The Kier molecular flexibility index (Phi) is 4.09. The lowest BCUT2D eigenvalue weighted by atomic mass is 10.3. The van der Waals surface area contributed by atoms with Crippen molar-refractivity contribution in [2.24, 2.45) is 0 Å². The van der Waals surface area contributed by atoms with E-state index in [-0.39, 0.29) is 5.82 Å². The van der Waals surface area contributed by atoms with Crippen molar-refractivity contribution in [2.45, 2.75) is 0 Å². The molecule has 2 aromatic carbocycles. The summed E-state index contributed by atoms with van der Waals surface area (Å²) >= 11 is 11.6. The second-order valence-corrected chi connectivity index (χ2v) is 5.32. The van der Waals surface area contributed by atoms with Gasteiger partial charge in [-0.2, -0.15) is 0 Å². The number of hydrogen-bond acceptors (Lipinski definition) is 3. The quantitative estimate of drug-likeness (QED) is 0.792. The monoisotopic (exact) mass is 332 g/mol. The summed E-state index contributed by atoms with van der Waals surface area (Å²) in [4.78, 5) is 16.1. The minimum absolute atomic E-state index is 0.0740. The molecule has 1 amide bonds. The molecule has 0 aliphatic carbocycles. The molecule has 1 aromatic heterocycles. The Hall–Kier alpha value is -2.37. The Morgan fingerprint density at radius 1 is 0.955 bits per heavy atom. The molecule has 1 N–H and O–H groups in total. The number of anilines is 1. The van der Waals surface area contributed by atoms with Crippen LogP contribution in [0.15, 0.2) is 54.9 Å². The second kappa shape index (κ2) is 6.17. The largest absolute Gasteiger partial charge is 0.319 e. The lowest BCUT2D eigenvalue weighted by Crippen LogP contribution is -2.14. The van der Waals surface area contributed by atoms with E-state index >= 15 is 0 Å². The zero-order chi connectivity index (χ0) is 15.5. The highest BCUT2D eigenvalue weighted by Crippen LogP contribution is 2.15. The zero-order valence-corrected chi connectivity index (χ0v) is 12.7. The summed E-state index contributed by atoms with van der Waals surface area (Å²) in [6.45, 7) is 0. The van der Waals surface area contributed by atoms with Crippen LogP contribution >= 0.6 is 23.2 Å². The molecular formula is C15H10Cl2N4O. The molecule has 3 rings (SSSR count). The van der Waals surface area contributed by atoms with Crippen LogP contribution in [0, 0.1) is 0 Å². The fourth-order valence-corrected chi connectivity index (χ4v) is 2.06. The van der Waals surface area contributed by atoms with Crippen molar-refractivity contribution in [2.75, 3.05) is 5.32 Å². The Morgan fingerprint density at radius 2 is 1.55 bits per heavy atom. The molecular weight excluding hydrogens is 323 g/mol. The second-order valence-electron chi connectivity index (χ2n) is 4.45. The summed E-state index contributed by atoms with van der Waals surface area (Å²) in [5.41, 5.74) is 1.39. The summed E-state index contributed by atoms with van der Waals surface area (Å²) in [6, 6.07) is 13.9. The van der Waals surface area contributed by atoms with Crippen LogP contribution in [0.4, 0.5) is 5.69 Å². The maximum absolute atomic E-state index is 12.1. The maximum atomic E-state index is 12.1. The molecule has 0 aliphatic rings. The summed E-state index contributed by atoms with van der Waals surface area (Å²) in [6.07, 6.45) is 1.47. The van der Waals surface area contributed by atoms with Gasteiger partial charge in [-0.25, -0.2) is 9.67 Å². The van der Waals surface area contributed by atoms with E-state index in [1.807, 2.05) is 0 Å². The third-order valence-electron chi connectivity index (χ3n) is 2.89. The topological polar surface area (TPSA) is 59.8 Å². The Labute approximate surface area is 136 Å². The van der Waals surface area contributed by atoms with E-state index < -0.39 is 5.91 Å². The van der Waals surface area contributed by atoms with Gasteiger partial charge in [0.2, 0.25) is 5.82 Å². The number of rotatable bonds is 3. The molecule has 0 fully saturated rings. The Morgan fingerprint density at radius 3 is 2.18 bits per heavy atom. The molecule has 110 valence electrons. The molecule has 22 heavy (non-hydrogen) atoms. The van der Waals surface area contributed by atoms with Gasteiger partial charge in [0.1, 0.15) is 6.33 Å². The zero-order valence-electron chi connectivity index (χ0n) is 11.2. The van der Waals surface area contributed by atoms with Gasteiger partial charge >= 0.3 is 0 Å². The van der Waals surface area contributed by atoms with Crippen LogP contribution in [-0.4, -0.2) is 20.7 Å². The van der Waals surface area contributed by atoms with Crippen molar-refractivity contribution in [1.29, 1.82) is 0 Å². The van der Waals surface area contributed by atoms with Gasteiger partial charge in [-0.05, 0) is 48.5 Å². The number of carbonyl (C=O) groups is 1. The van der Waals surface area contributed by atoms with E-state index in [0.29, 0.717) is 15.7 Å².